The maximum Gasteiger partial charge on any atom is 0.257 e. The van der Waals surface area contributed by atoms with Gasteiger partial charge in [-0.1, -0.05) is 0 Å². The molecule has 0 saturated heterocycles. The van der Waals surface area contributed by atoms with E-state index in [1.807, 2.05) is 32.0 Å². The van der Waals surface area contributed by atoms with Gasteiger partial charge in [0, 0.05) is 19.7 Å². The van der Waals surface area contributed by atoms with Gasteiger partial charge in [0.2, 0.25) is 5.95 Å². The van der Waals surface area contributed by atoms with Crippen molar-refractivity contribution in [3.63, 3.8) is 0 Å². The molecular weight excluding hydrogens is 372 g/mol. The third kappa shape index (κ3) is 3.84. The summed E-state index contributed by atoms with van der Waals surface area (Å²) >= 11 is 3.51. The topological polar surface area (TPSA) is 81.3 Å². The van der Waals surface area contributed by atoms with Crippen LogP contribution in [-0.4, -0.2) is 41.0 Å². The molecule has 128 valence electrons. The zero-order valence-corrected chi connectivity index (χ0v) is 16.0. The van der Waals surface area contributed by atoms with Crippen LogP contribution in [0, 0.1) is 6.92 Å². The van der Waals surface area contributed by atoms with E-state index in [9.17, 15) is 4.79 Å². The molecule has 1 amide bonds. The van der Waals surface area contributed by atoms with Gasteiger partial charge in [-0.3, -0.25) is 4.79 Å². The number of amides is 1. The highest BCUT2D eigenvalue weighted by molar-refractivity contribution is 9.10. The zero-order chi connectivity index (χ0) is 18.0. The molecule has 0 bridgehead atoms. The Labute approximate surface area is 150 Å². The summed E-state index contributed by atoms with van der Waals surface area (Å²) in [5, 5.41) is 0. The lowest BCUT2D eigenvalue weighted by molar-refractivity contribution is 0.0827. The predicted octanol–water partition coefficient (Wildman–Crippen LogP) is 3.29. The third-order valence-corrected chi connectivity index (χ3v) is 3.91. The van der Waals surface area contributed by atoms with Crippen molar-refractivity contribution in [3.05, 3.63) is 33.9 Å². The highest BCUT2D eigenvalue weighted by atomic mass is 79.9. The summed E-state index contributed by atoms with van der Waals surface area (Å²) in [5.74, 6) is 0.700. The summed E-state index contributed by atoms with van der Waals surface area (Å²) in [7, 11) is 3.38. The van der Waals surface area contributed by atoms with Gasteiger partial charge in [0.25, 0.3) is 5.91 Å². The summed E-state index contributed by atoms with van der Waals surface area (Å²) < 4.78 is 6.50. The van der Waals surface area contributed by atoms with E-state index in [-0.39, 0.29) is 18.0 Å². The van der Waals surface area contributed by atoms with Gasteiger partial charge in [0.1, 0.15) is 5.75 Å². The number of anilines is 1. The fourth-order valence-corrected chi connectivity index (χ4v) is 2.75. The molecule has 0 saturated carbocycles. The van der Waals surface area contributed by atoms with Crippen molar-refractivity contribution < 1.29 is 9.53 Å². The number of carbonyl (C=O) groups excluding carboxylic acids is 1. The fourth-order valence-electron chi connectivity index (χ4n) is 2.28. The Balaban J connectivity index is 2.60. The molecule has 0 unspecified atom stereocenters. The Morgan fingerprint density at radius 1 is 1.29 bits per heavy atom. The molecule has 0 fully saturated rings. The minimum Gasteiger partial charge on any atom is -0.490 e. The number of halogens is 1. The first kappa shape index (κ1) is 18.2. The minimum atomic E-state index is -0.166. The average molecular weight is 393 g/mol. The van der Waals surface area contributed by atoms with Gasteiger partial charge in [-0.15, -0.1) is 0 Å². The van der Waals surface area contributed by atoms with Crippen molar-refractivity contribution in [3.8, 4) is 17.0 Å². The Morgan fingerprint density at radius 2 is 1.96 bits per heavy atom. The second-order valence-corrected chi connectivity index (χ2v) is 6.76. The highest BCUT2D eigenvalue weighted by Crippen LogP contribution is 2.33. The van der Waals surface area contributed by atoms with Crippen LogP contribution in [0.4, 0.5) is 5.95 Å². The summed E-state index contributed by atoms with van der Waals surface area (Å²) in [6, 6.07) is 5.57. The molecular formula is C17H21BrN4O2. The van der Waals surface area contributed by atoms with Gasteiger partial charge in [-0.2, -0.15) is 0 Å². The molecule has 1 aromatic heterocycles. The average Bonchev–Trinajstić information content (AvgIpc) is 2.47. The number of aryl methyl sites for hydroxylation is 1. The molecule has 0 radical (unpaired) electrons. The smallest absolute Gasteiger partial charge is 0.257 e. The van der Waals surface area contributed by atoms with Crippen LogP contribution < -0.4 is 10.5 Å². The number of hydrogen-bond donors (Lipinski definition) is 1. The molecule has 1 heterocycles. The summed E-state index contributed by atoms with van der Waals surface area (Å²) in [6.07, 6.45) is 0.0648. The van der Waals surface area contributed by atoms with Crippen LogP contribution in [0.1, 0.15) is 29.9 Å². The largest absolute Gasteiger partial charge is 0.490 e. The monoisotopic (exact) mass is 392 g/mol. The van der Waals surface area contributed by atoms with Crippen LogP contribution in [0.15, 0.2) is 22.7 Å². The van der Waals surface area contributed by atoms with E-state index in [1.54, 1.807) is 21.0 Å². The van der Waals surface area contributed by atoms with Crippen LogP contribution in [0.25, 0.3) is 11.3 Å². The van der Waals surface area contributed by atoms with Gasteiger partial charge >= 0.3 is 0 Å². The van der Waals surface area contributed by atoms with E-state index in [1.165, 1.54) is 4.90 Å². The van der Waals surface area contributed by atoms with E-state index in [0.29, 0.717) is 17.0 Å². The first-order valence-electron chi connectivity index (χ1n) is 7.53. The van der Waals surface area contributed by atoms with E-state index in [2.05, 4.69) is 25.9 Å². The van der Waals surface area contributed by atoms with Crippen molar-refractivity contribution in [1.82, 2.24) is 14.9 Å². The Morgan fingerprint density at radius 3 is 2.50 bits per heavy atom. The van der Waals surface area contributed by atoms with Crippen LogP contribution >= 0.6 is 15.9 Å². The van der Waals surface area contributed by atoms with Crippen LogP contribution in [0.2, 0.25) is 0 Å². The van der Waals surface area contributed by atoms with E-state index in [4.69, 9.17) is 10.5 Å². The first-order chi connectivity index (χ1) is 11.2. The standard InChI is InChI=1S/C17H21BrN4O2/c1-9(2)24-13-7-6-11(8-12(13)18)15-14(16(23)22(4)5)10(3)20-17(19)21-15/h6-9H,1-5H3,(H2,19,20,21). The summed E-state index contributed by atoms with van der Waals surface area (Å²) in [6.45, 7) is 5.68. The number of carbonyl (C=O) groups is 1. The number of benzene rings is 1. The molecule has 0 spiro atoms. The third-order valence-electron chi connectivity index (χ3n) is 3.30. The molecule has 2 N–H and O–H groups in total. The second-order valence-electron chi connectivity index (χ2n) is 5.90. The minimum absolute atomic E-state index is 0.0648. The molecule has 2 aromatic rings. The molecule has 0 aliphatic carbocycles. The summed E-state index contributed by atoms with van der Waals surface area (Å²) in [5.41, 5.74) is 8.06. The summed E-state index contributed by atoms with van der Waals surface area (Å²) in [4.78, 5) is 22.5. The van der Waals surface area contributed by atoms with Crippen molar-refractivity contribution in [2.75, 3.05) is 19.8 Å². The zero-order valence-electron chi connectivity index (χ0n) is 14.4. The maximum absolute atomic E-state index is 12.5. The lowest BCUT2D eigenvalue weighted by atomic mass is 10.0. The Bertz CT molecular complexity index is 775. The van der Waals surface area contributed by atoms with E-state index >= 15 is 0 Å². The Kier molecular flexibility index (Phi) is 5.43. The predicted molar refractivity (Wildman–Crippen MR) is 98.1 cm³/mol. The molecule has 0 aliphatic heterocycles. The van der Waals surface area contributed by atoms with Crippen LogP contribution in [0.3, 0.4) is 0 Å². The second kappa shape index (κ2) is 7.17. The number of hydrogen-bond acceptors (Lipinski definition) is 5. The van der Waals surface area contributed by atoms with Crippen molar-refractivity contribution in [2.24, 2.45) is 0 Å². The number of ether oxygens (including phenoxy) is 1. The van der Waals surface area contributed by atoms with Crippen molar-refractivity contribution in [2.45, 2.75) is 26.9 Å². The molecule has 1 aromatic carbocycles. The lowest BCUT2D eigenvalue weighted by Crippen LogP contribution is -2.24. The number of nitrogen functional groups attached to an aromatic ring is 1. The molecule has 6 nitrogen and oxygen atoms in total. The van der Waals surface area contributed by atoms with Gasteiger partial charge in [0.05, 0.1) is 27.5 Å². The number of nitrogens with two attached hydrogens (primary N) is 1. The maximum atomic E-state index is 12.5. The van der Waals surface area contributed by atoms with E-state index in [0.717, 1.165) is 15.8 Å². The molecule has 2 rings (SSSR count). The molecule has 7 heteroatoms. The SMILES string of the molecule is Cc1nc(N)nc(-c2ccc(OC(C)C)c(Br)c2)c1C(=O)N(C)C. The van der Waals surface area contributed by atoms with Crippen LogP contribution in [-0.2, 0) is 0 Å². The van der Waals surface area contributed by atoms with Gasteiger partial charge < -0.3 is 15.4 Å². The fraction of sp³-hybridized carbons (Fsp3) is 0.353. The molecule has 0 aliphatic rings. The number of aromatic nitrogens is 2. The Hall–Kier alpha value is -2.15. The lowest BCUT2D eigenvalue weighted by Gasteiger charge is -2.17. The number of nitrogens with zero attached hydrogens (tertiary/aromatic N) is 3. The number of rotatable bonds is 4. The van der Waals surface area contributed by atoms with Gasteiger partial charge in [-0.25, -0.2) is 9.97 Å². The van der Waals surface area contributed by atoms with Crippen molar-refractivity contribution in [1.29, 1.82) is 0 Å². The van der Waals surface area contributed by atoms with Crippen molar-refractivity contribution >= 4 is 27.8 Å². The van der Waals surface area contributed by atoms with Crippen LogP contribution in [0.5, 0.6) is 5.75 Å². The van der Waals surface area contributed by atoms with Gasteiger partial charge in [-0.05, 0) is 54.9 Å². The first-order valence-corrected chi connectivity index (χ1v) is 8.32. The molecule has 0 atom stereocenters. The highest BCUT2D eigenvalue weighted by Gasteiger charge is 2.21. The normalized spacial score (nSPS) is 10.8. The molecule has 24 heavy (non-hydrogen) atoms. The quantitative estimate of drug-likeness (QED) is 0.862. The van der Waals surface area contributed by atoms with E-state index < -0.39 is 0 Å². The van der Waals surface area contributed by atoms with Gasteiger partial charge in [0.15, 0.2) is 0 Å².